The summed E-state index contributed by atoms with van der Waals surface area (Å²) in [7, 11) is 0. The predicted molar refractivity (Wildman–Crippen MR) is 75.9 cm³/mol. The zero-order chi connectivity index (χ0) is 14.6. The molecule has 0 aromatic heterocycles. The quantitative estimate of drug-likeness (QED) is 0.425. The largest absolute Gasteiger partial charge is 0.465 e. The maximum absolute atomic E-state index is 11.5. The van der Waals surface area contributed by atoms with Crippen molar-refractivity contribution in [2.24, 2.45) is 11.8 Å². The van der Waals surface area contributed by atoms with Crippen molar-refractivity contribution in [2.45, 2.75) is 39.2 Å². The first-order chi connectivity index (χ1) is 9.57. The van der Waals surface area contributed by atoms with E-state index in [1.54, 1.807) is 6.07 Å². The van der Waals surface area contributed by atoms with Gasteiger partial charge in [0.2, 0.25) is 0 Å². The summed E-state index contributed by atoms with van der Waals surface area (Å²) < 4.78 is 11.4. The molecule has 1 heterocycles. The molecule has 1 fully saturated rings. The van der Waals surface area contributed by atoms with Gasteiger partial charge in [0.1, 0.15) is 0 Å². The van der Waals surface area contributed by atoms with Gasteiger partial charge in [0.15, 0.2) is 0 Å². The summed E-state index contributed by atoms with van der Waals surface area (Å²) in [5.74, 6) is 0.0429. The van der Waals surface area contributed by atoms with Crippen molar-refractivity contribution in [1.82, 2.24) is 0 Å². The Bertz CT molecular complexity index is 454. The van der Waals surface area contributed by atoms with E-state index in [2.05, 4.69) is 19.1 Å². The maximum Gasteiger partial charge on any atom is 0.308 e. The molecular weight excluding hydrogens is 519 g/mol. The topological polar surface area (TPSA) is 35.5 Å². The zero-order valence-corrected chi connectivity index (χ0v) is 22.7. The molecule has 1 unspecified atom stereocenters. The number of esters is 1. The Morgan fingerprint density at radius 1 is 1.43 bits per heavy atom. The predicted octanol–water partition coefficient (Wildman–Crippen LogP) is 3.12. The summed E-state index contributed by atoms with van der Waals surface area (Å²) in [6.45, 7) is 6.88. The minimum atomic E-state index is -0.288. The number of carbonyl (C=O) groups is 1. The van der Waals surface area contributed by atoms with Gasteiger partial charge < -0.3 is 27.7 Å². The fourth-order valence-electron chi connectivity index (χ4n) is 2.59. The van der Waals surface area contributed by atoms with Crippen LogP contribution >= 0.6 is 0 Å². The molecule has 1 saturated heterocycles. The monoisotopic (exact) mass is 541 g/mol. The van der Waals surface area contributed by atoms with Crippen LogP contribution in [-0.2, 0) is 118 Å². The molecule has 3 nitrogen and oxygen atoms in total. The summed E-state index contributed by atoms with van der Waals surface area (Å²) in [4.78, 5) is 11.5. The molecule has 2 rings (SSSR count). The molecule has 1 aromatic rings. The third kappa shape index (κ3) is 7.61. The molecule has 6 heteroatoms. The van der Waals surface area contributed by atoms with E-state index in [4.69, 9.17) is 9.47 Å². The van der Waals surface area contributed by atoms with Crippen LogP contribution in [0.5, 0.6) is 0 Å². The van der Waals surface area contributed by atoms with Crippen molar-refractivity contribution in [1.29, 1.82) is 0 Å². The third-order valence-electron chi connectivity index (χ3n) is 3.87. The number of ether oxygens (including phenoxy) is 2. The summed E-state index contributed by atoms with van der Waals surface area (Å²) in [5, 5.41) is 0. The smallest absolute Gasteiger partial charge is 0.308 e. The minimum Gasteiger partial charge on any atom is -0.465 e. The molecule has 2 atom stereocenters. The van der Waals surface area contributed by atoms with Crippen LogP contribution in [0.2, 0.25) is 0 Å². The van der Waals surface area contributed by atoms with Gasteiger partial charge in [-0.2, -0.15) is 0 Å². The van der Waals surface area contributed by atoms with Crippen molar-refractivity contribution in [3.8, 4) is 0 Å². The van der Waals surface area contributed by atoms with Gasteiger partial charge >= 0.3 is 5.97 Å². The van der Waals surface area contributed by atoms with Crippen LogP contribution in [0.25, 0.3) is 0 Å². The minimum absolute atomic E-state index is 0. The molecular formula is C17H22O3Y3-2. The normalized spacial score (nSPS) is 22.5. The Morgan fingerprint density at radius 3 is 2.65 bits per heavy atom. The molecule has 0 saturated carbocycles. The van der Waals surface area contributed by atoms with E-state index in [1.165, 1.54) is 0 Å². The average Bonchev–Trinajstić information content (AvgIpc) is 2.90. The summed E-state index contributed by atoms with van der Waals surface area (Å²) in [6, 6.07) is 11.9. The zero-order valence-electron chi connectivity index (χ0n) is 14.2. The van der Waals surface area contributed by atoms with Gasteiger partial charge in [-0.1, -0.05) is 20.8 Å². The molecule has 3 radical (unpaired) electrons. The van der Waals surface area contributed by atoms with Crippen molar-refractivity contribution in [3.05, 3.63) is 35.9 Å². The summed E-state index contributed by atoms with van der Waals surface area (Å²) in [6.07, 6.45) is 1.76. The maximum atomic E-state index is 11.5. The third-order valence-corrected chi connectivity index (χ3v) is 3.87. The van der Waals surface area contributed by atoms with Crippen molar-refractivity contribution in [3.63, 3.8) is 0 Å². The van der Waals surface area contributed by atoms with Crippen molar-refractivity contribution < 1.29 is 112 Å². The number of hydrogen-bond acceptors (Lipinski definition) is 3. The van der Waals surface area contributed by atoms with Crippen LogP contribution in [-0.4, -0.2) is 19.2 Å². The number of carbonyl (C=O) groups excluding carboxylic acids is 1. The molecule has 0 amide bonds. The van der Waals surface area contributed by atoms with Gasteiger partial charge in [0.25, 0.3) is 0 Å². The van der Waals surface area contributed by atoms with Crippen molar-refractivity contribution in [2.75, 3.05) is 13.2 Å². The second kappa shape index (κ2) is 13.2. The standard InChI is InChI=1S/C17H22O3.3Y/c1-4-17(15-8-6-5-7-9-15)10-14(12-20-17)11-19-16(18)13(2)3;;;/h6-8,13-14H,4,10-12H2,1-3H3;;;/q-2;;;/t14-,17?;;;/m1.../s1. The second-order valence-corrected chi connectivity index (χ2v) is 5.72. The number of rotatable bonds is 5. The fourth-order valence-corrected chi connectivity index (χ4v) is 2.59. The van der Waals surface area contributed by atoms with E-state index in [0.29, 0.717) is 13.2 Å². The Morgan fingerprint density at radius 2 is 2.13 bits per heavy atom. The van der Waals surface area contributed by atoms with E-state index in [0.717, 1.165) is 18.4 Å². The molecule has 0 N–H and O–H groups in total. The first kappa shape index (κ1) is 27.2. The SMILES string of the molecule is CCC1(c2[c-]c[c-]cc2)C[C@H](COC(=O)C(C)C)CO1.[Y].[Y].[Y]. The van der Waals surface area contributed by atoms with Gasteiger partial charge in [-0.25, -0.2) is 0 Å². The molecule has 1 aromatic carbocycles. The van der Waals surface area contributed by atoms with Crippen LogP contribution in [0.3, 0.4) is 0 Å². The second-order valence-electron chi connectivity index (χ2n) is 5.72. The van der Waals surface area contributed by atoms with Gasteiger partial charge in [-0.3, -0.25) is 22.5 Å². The fraction of sp³-hybridized carbons (Fsp3) is 0.588. The number of benzene rings is 1. The van der Waals surface area contributed by atoms with Crippen LogP contribution in [0.4, 0.5) is 0 Å². The molecule has 1 aliphatic heterocycles. The Hall–Kier alpha value is 1.96. The van der Waals surface area contributed by atoms with Crippen LogP contribution in [0.1, 0.15) is 39.2 Å². The Balaban J connectivity index is 0. The van der Waals surface area contributed by atoms with Crippen LogP contribution < -0.4 is 0 Å². The van der Waals surface area contributed by atoms with E-state index < -0.39 is 0 Å². The Kier molecular flexibility index (Phi) is 15.6. The molecule has 0 aliphatic carbocycles. The van der Waals surface area contributed by atoms with E-state index >= 15 is 0 Å². The first-order valence-electron chi connectivity index (χ1n) is 7.26. The first-order valence-corrected chi connectivity index (χ1v) is 7.26. The molecule has 119 valence electrons. The Labute approximate surface area is 215 Å². The number of hydrogen-bond donors (Lipinski definition) is 0. The molecule has 1 aliphatic rings. The van der Waals surface area contributed by atoms with Crippen molar-refractivity contribution >= 4 is 5.97 Å². The molecule has 0 spiro atoms. The van der Waals surface area contributed by atoms with Crippen LogP contribution in [0.15, 0.2) is 18.2 Å². The van der Waals surface area contributed by atoms with E-state index in [-0.39, 0.29) is 122 Å². The van der Waals surface area contributed by atoms with E-state index in [9.17, 15) is 4.79 Å². The summed E-state index contributed by atoms with van der Waals surface area (Å²) >= 11 is 0. The van der Waals surface area contributed by atoms with Gasteiger partial charge in [0.05, 0.1) is 24.7 Å². The van der Waals surface area contributed by atoms with E-state index in [1.807, 2.05) is 26.0 Å². The molecule has 0 bridgehead atoms. The van der Waals surface area contributed by atoms with Crippen LogP contribution in [0, 0.1) is 24.0 Å². The summed E-state index contributed by atoms with van der Waals surface area (Å²) in [5.41, 5.74) is 0.778. The van der Waals surface area contributed by atoms with Gasteiger partial charge in [-0.05, 0) is 12.8 Å². The van der Waals surface area contributed by atoms with Gasteiger partial charge in [-0.15, -0.1) is 0 Å². The average molecular weight is 541 g/mol. The van der Waals surface area contributed by atoms with Gasteiger partial charge in [0, 0.05) is 104 Å². The molecule has 23 heavy (non-hydrogen) atoms.